The van der Waals surface area contributed by atoms with Crippen molar-refractivity contribution in [3.63, 3.8) is 0 Å². The van der Waals surface area contributed by atoms with Gasteiger partial charge >= 0.3 is 0 Å². The van der Waals surface area contributed by atoms with Crippen molar-refractivity contribution in [2.75, 3.05) is 13.2 Å². The Kier molecular flexibility index (Phi) is 5.44. The molecule has 2 rings (SSSR count). The molecule has 0 aliphatic heterocycles. The zero-order chi connectivity index (χ0) is 15.5. The first kappa shape index (κ1) is 16.5. The molecular formula is C17H19BrClNO. The molecule has 0 aliphatic rings. The second-order valence-electron chi connectivity index (χ2n) is 5.37. The van der Waals surface area contributed by atoms with Gasteiger partial charge in [-0.1, -0.05) is 57.9 Å². The predicted octanol–water partition coefficient (Wildman–Crippen LogP) is 3.84. The van der Waals surface area contributed by atoms with Crippen molar-refractivity contribution in [3.8, 4) is 0 Å². The van der Waals surface area contributed by atoms with E-state index >= 15 is 0 Å². The topological polar surface area (TPSA) is 46.2 Å². The third kappa shape index (κ3) is 3.49. The van der Waals surface area contributed by atoms with Crippen LogP contribution in [0.2, 0.25) is 5.02 Å². The van der Waals surface area contributed by atoms with Gasteiger partial charge in [-0.2, -0.15) is 0 Å². The minimum absolute atomic E-state index is 0.0131. The lowest BCUT2D eigenvalue weighted by molar-refractivity contribution is 0.195. The molecule has 0 aromatic heterocycles. The number of rotatable bonds is 5. The van der Waals surface area contributed by atoms with E-state index in [0.717, 1.165) is 21.2 Å². The molecule has 0 amide bonds. The molecule has 0 radical (unpaired) electrons. The van der Waals surface area contributed by atoms with Gasteiger partial charge in [-0.15, -0.1) is 0 Å². The van der Waals surface area contributed by atoms with Gasteiger partial charge < -0.3 is 10.8 Å². The fourth-order valence-electron chi connectivity index (χ4n) is 2.68. The summed E-state index contributed by atoms with van der Waals surface area (Å²) in [6, 6.07) is 13.8. The summed E-state index contributed by atoms with van der Waals surface area (Å²) >= 11 is 9.73. The molecule has 112 valence electrons. The fraction of sp³-hybridized carbons (Fsp3) is 0.294. The van der Waals surface area contributed by atoms with Gasteiger partial charge in [0, 0.05) is 21.5 Å². The molecule has 0 saturated carbocycles. The SMILES string of the molecule is Cc1ccccc1C(CN)(CO)Cc1ccc(Br)cc1Cl. The summed E-state index contributed by atoms with van der Waals surface area (Å²) in [5, 5.41) is 10.7. The smallest absolute Gasteiger partial charge is 0.0543 e. The fourth-order valence-corrected chi connectivity index (χ4v) is 3.42. The zero-order valence-corrected chi connectivity index (χ0v) is 14.3. The molecule has 0 saturated heterocycles. The van der Waals surface area contributed by atoms with E-state index in [0.29, 0.717) is 18.0 Å². The number of halogens is 2. The van der Waals surface area contributed by atoms with E-state index in [2.05, 4.69) is 15.9 Å². The van der Waals surface area contributed by atoms with E-state index in [1.807, 2.05) is 49.4 Å². The van der Waals surface area contributed by atoms with Crippen molar-refractivity contribution in [2.45, 2.75) is 18.8 Å². The highest BCUT2D eigenvalue weighted by Crippen LogP contribution is 2.33. The van der Waals surface area contributed by atoms with Gasteiger partial charge in [0.25, 0.3) is 0 Å². The summed E-state index contributed by atoms with van der Waals surface area (Å²) in [6.45, 7) is 2.39. The Morgan fingerprint density at radius 1 is 1.24 bits per heavy atom. The molecule has 2 aromatic rings. The van der Waals surface area contributed by atoms with E-state index in [1.165, 1.54) is 0 Å². The van der Waals surface area contributed by atoms with Crippen LogP contribution in [0.4, 0.5) is 0 Å². The molecule has 0 fully saturated rings. The standard InChI is InChI=1S/C17H19BrClNO/c1-12-4-2-3-5-15(12)17(10-20,11-21)9-13-6-7-14(18)8-16(13)19/h2-8,21H,9-11,20H2,1H3. The summed E-state index contributed by atoms with van der Waals surface area (Å²) in [5.41, 5.74) is 8.72. The number of aliphatic hydroxyl groups excluding tert-OH is 1. The van der Waals surface area contributed by atoms with Crippen LogP contribution in [0.5, 0.6) is 0 Å². The Morgan fingerprint density at radius 2 is 1.95 bits per heavy atom. The minimum Gasteiger partial charge on any atom is -0.395 e. The van der Waals surface area contributed by atoms with Gasteiger partial charge in [-0.25, -0.2) is 0 Å². The quantitative estimate of drug-likeness (QED) is 0.842. The molecule has 0 heterocycles. The normalized spacial score (nSPS) is 14.0. The van der Waals surface area contributed by atoms with Crippen LogP contribution < -0.4 is 5.73 Å². The van der Waals surface area contributed by atoms with Crippen LogP contribution in [0, 0.1) is 6.92 Å². The number of nitrogens with two attached hydrogens (primary N) is 1. The van der Waals surface area contributed by atoms with Crippen molar-refractivity contribution in [1.29, 1.82) is 0 Å². The third-order valence-corrected chi connectivity index (χ3v) is 4.80. The van der Waals surface area contributed by atoms with Gasteiger partial charge in [0.15, 0.2) is 0 Å². The van der Waals surface area contributed by atoms with E-state index in [-0.39, 0.29) is 6.61 Å². The molecular weight excluding hydrogens is 350 g/mol. The average Bonchev–Trinajstić information content (AvgIpc) is 2.48. The van der Waals surface area contributed by atoms with Crippen molar-refractivity contribution in [1.82, 2.24) is 0 Å². The third-order valence-electron chi connectivity index (χ3n) is 3.95. The maximum atomic E-state index is 10.0. The Hall–Kier alpha value is -0.870. The average molecular weight is 369 g/mol. The van der Waals surface area contributed by atoms with E-state index in [4.69, 9.17) is 17.3 Å². The highest BCUT2D eigenvalue weighted by atomic mass is 79.9. The van der Waals surface area contributed by atoms with E-state index in [1.54, 1.807) is 0 Å². The van der Waals surface area contributed by atoms with Crippen molar-refractivity contribution in [3.05, 3.63) is 68.7 Å². The molecule has 2 nitrogen and oxygen atoms in total. The lowest BCUT2D eigenvalue weighted by Gasteiger charge is -2.33. The molecule has 4 heteroatoms. The van der Waals surface area contributed by atoms with Crippen LogP contribution in [-0.4, -0.2) is 18.3 Å². The van der Waals surface area contributed by atoms with Crippen LogP contribution in [0.25, 0.3) is 0 Å². The molecule has 0 spiro atoms. The largest absolute Gasteiger partial charge is 0.395 e. The summed E-state index contributed by atoms with van der Waals surface area (Å²) in [7, 11) is 0. The molecule has 2 aromatic carbocycles. The maximum Gasteiger partial charge on any atom is 0.0543 e. The lowest BCUT2D eigenvalue weighted by Crippen LogP contribution is -2.41. The Bertz CT molecular complexity index is 626. The second kappa shape index (κ2) is 6.93. The van der Waals surface area contributed by atoms with Crippen LogP contribution in [0.1, 0.15) is 16.7 Å². The minimum atomic E-state index is -0.511. The monoisotopic (exact) mass is 367 g/mol. The van der Waals surface area contributed by atoms with Crippen LogP contribution in [-0.2, 0) is 11.8 Å². The van der Waals surface area contributed by atoms with Gasteiger partial charge in [0.1, 0.15) is 0 Å². The molecule has 21 heavy (non-hydrogen) atoms. The van der Waals surface area contributed by atoms with Crippen LogP contribution in [0.15, 0.2) is 46.9 Å². The first-order valence-corrected chi connectivity index (χ1v) is 8.00. The zero-order valence-electron chi connectivity index (χ0n) is 11.9. The van der Waals surface area contributed by atoms with Gasteiger partial charge in [0.05, 0.1) is 6.61 Å². The molecule has 0 bridgehead atoms. The molecule has 3 N–H and O–H groups in total. The molecule has 0 aliphatic carbocycles. The molecule has 1 unspecified atom stereocenters. The van der Waals surface area contributed by atoms with E-state index in [9.17, 15) is 5.11 Å². The second-order valence-corrected chi connectivity index (χ2v) is 6.69. The predicted molar refractivity (Wildman–Crippen MR) is 91.9 cm³/mol. The van der Waals surface area contributed by atoms with Gasteiger partial charge in [-0.3, -0.25) is 0 Å². The first-order chi connectivity index (χ1) is 10.0. The summed E-state index contributed by atoms with van der Waals surface area (Å²) in [5.74, 6) is 0. The summed E-state index contributed by atoms with van der Waals surface area (Å²) in [6.07, 6.45) is 0.608. The van der Waals surface area contributed by atoms with Crippen molar-refractivity contribution >= 4 is 27.5 Å². The highest BCUT2D eigenvalue weighted by molar-refractivity contribution is 9.10. The van der Waals surface area contributed by atoms with Gasteiger partial charge in [-0.05, 0) is 42.2 Å². The number of benzene rings is 2. The van der Waals surface area contributed by atoms with E-state index < -0.39 is 5.41 Å². The maximum absolute atomic E-state index is 10.0. The van der Waals surface area contributed by atoms with Crippen molar-refractivity contribution < 1.29 is 5.11 Å². The summed E-state index contributed by atoms with van der Waals surface area (Å²) < 4.78 is 0.939. The summed E-state index contributed by atoms with van der Waals surface area (Å²) in [4.78, 5) is 0. The Balaban J connectivity index is 2.46. The van der Waals surface area contributed by atoms with Gasteiger partial charge in [0.2, 0.25) is 0 Å². The van der Waals surface area contributed by atoms with Crippen LogP contribution in [0.3, 0.4) is 0 Å². The Labute approximate surface area is 139 Å². The number of hydrogen-bond acceptors (Lipinski definition) is 2. The molecule has 1 atom stereocenters. The Morgan fingerprint density at radius 3 is 2.52 bits per heavy atom. The van der Waals surface area contributed by atoms with Crippen LogP contribution >= 0.6 is 27.5 Å². The highest BCUT2D eigenvalue weighted by Gasteiger charge is 2.32. The number of aryl methyl sites for hydroxylation is 1. The number of hydrogen-bond donors (Lipinski definition) is 2. The van der Waals surface area contributed by atoms with Crippen molar-refractivity contribution in [2.24, 2.45) is 5.73 Å². The lowest BCUT2D eigenvalue weighted by atomic mass is 9.74. The first-order valence-electron chi connectivity index (χ1n) is 6.83. The number of aliphatic hydroxyl groups is 1.